The van der Waals surface area contributed by atoms with Crippen molar-refractivity contribution in [2.45, 2.75) is 20.0 Å². The van der Waals surface area contributed by atoms with Crippen molar-refractivity contribution < 1.29 is 18.0 Å². The quantitative estimate of drug-likeness (QED) is 0.866. The lowest BCUT2D eigenvalue weighted by Crippen LogP contribution is -2.31. The van der Waals surface area contributed by atoms with Crippen molar-refractivity contribution in [3.63, 3.8) is 0 Å². The zero-order chi connectivity index (χ0) is 14.5. The molecule has 0 aromatic heterocycles. The topological polar surface area (TPSA) is 41.1 Å². The van der Waals surface area contributed by atoms with Gasteiger partial charge >= 0.3 is 6.18 Å². The lowest BCUT2D eigenvalue weighted by Gasteiger charge is -2.16. The Balaban J connectivity index is 2.80. The maximum absolute atomic E-state index is 12.7. The summed E-state index contributed by atoms with van der Waals surface area (Å²) in [5.74, 6) is -0.834. The third kappa shape index (κ3) is 4.55. The van der Waals surface area contributed by atoms with Crippen LogP contribution in [0, 0.1) is 5.92 Å². The van der Waals surface area contributed by atoms with Gasteiger partial charge in [-0.2, -0.15) is 13.2 Å². The summed E-state index contributed by atoms with van der Waals surface area (Å²) in [6, 6.07) is 4.95. The minimum absolute atomic E-state index is 0.205. The zero-order valence-electron chi connectivity index (χ0n) is 10.8. The molecule has 0 aliphatic carbocycles. The first-order chi connectivity index (χ1) is 8.86. The molecule has 0 saturated heterocycles. The Bertz CT molecular complexity index is 432. The van der Waals surface area contributed by atoms with Gasteiger partial charge in [-0.15, -0.1) is 0 Å². The van der Waals surface area contributed by atoms with Crippen molar-refractivity contribution in [3.8, 4) is 0 Å². The predicted octanol–water partition coefficient (Wildman–Crippen LogP) is 2.89. The molecule has 0 fully saturated rings. The van der Waals surface area contributed by atoms with E-state index in [1.807, 2.05) is 6.92 Å². The zero-order valence-corrected chi connectivity index (χ0v) is 10.8. The smallest absolute Gasteiger partial charge is 0.325 e. The fraction of sp³-hybridized carbons (Fsp3) is 0.462. The Labute approximate surface area is 110 Å². The van der Waals surface area contributed by atoms with E-state index >= 15 is 0 Å². The van der Waals surface area contributed by atoms with Gasteiger partial charge in [-0.3, -0.25) is 4.79 Å². The number of benzene rings is 1. The molecule has 106 valence electrons. The number of carbonyl (C=O) groups is 1. The fourth-order valence-corrected chi connectivity index (χ4v) is 1.55. The molecule has 0 heterocycles. The lowest BCUT2D eigenvalue weighted by molar-refractivity contribution is -0.137. The fourth-order valence-electron chi connectivity index (χ4n) is 1.55. The average molecular weight is 274 g/mol. The maximum Gasteiger partial charge on any atom is 0.418 e. The molecule has 0 radical (unpaired) electrons. The van der Waals surface area contributed by atoms with Crippen LogP contribution in [0.25, 0.3) is 0 Å². The van der Waals surface area contributed by atoms with Crippen LogP contribution in [0.1, 0.15) is 19.4 Å². The van der Waals surface area contributed by atoms with E-state index < -0.39 is 23.6 Å². The molecular formula is C13H17F3N2O. The van der Waals surface area contributed by atoms with Crippen molar-refractivity contribution in [2.24, 2.45) is 5.92 Å². The van der Waals surface area contributed by atoms with Crippen molar-refractivity contribution >= 4 is 11.6 Å². The van der Waals surface area contributed by atoms with E-state index in [2.05, 4.69) is 10.6 Å². The number of anilines is 1. The average Bonchev–Trinajstić information content (AvgIpc) is 2.35. The van der Waals surface area contributed by atoms with Crippen molar-refractivity contribution in [1.29, 1.82) is 0 Å². The molecule has 0 spiro atoms. The van der Waals surface area contributed by atoms with Crippen LogP contribution < -0.4 is 10.6 Å². The highest BCUT2D eigenvalue weighted by molar-refractivity contribution is 5.93. The third-order valence-corrected chi connectivity index (χ3v) is 2.64. The molecule has 2 N–H and O–H groups in total. The van der Waals surface area contributed by atoms with E-state index in [0.29, 0.717) is 13.1 Å². The number of alkyl halides is 3. The molecule has 1 aromatic rings. The Morgan fingerprint density at radius 2 is 1.95 bits per heavy atom. The Morgan fingerprint density at radius 3 is 2.53 bits per heavy atom. The van der Waals surface area contributed by atoms with Gasteiger partial charge in [0.15, 0.2) is 0 Å². The highest BCUT2D eigenvalue weighted by Gasteiger charge is 2.33. The first-order valence-electron chi connectivity index (χ1n) is 6.04. The maximum atomic E-state index is 12.7. The van der Waals surface area contributed by atoms with Crippen LogP contribution in [0.2, 0.25) is 0 Å². The second-order valence-corrected chi connectivity index (χ2v) is 4.24. The molecule has 1 rings (SSSR count). The summed E-state index contributed by atoms with van der Waals surface area (Å²) in [6.45, 7) is 4.69. The summed E-state index contributed by atoms with van der Waals surface area (Å²) in [6.07, 6.45) is -4.48. The first-order valence-corrected chi connectivity index (χ1v) is 6.04. The van der Waals surface area contributed by atoms with Crippen LogP contribution in [0.5, 0.6) is 0 Å². The first kappa shape index (κ1) is 15.5. The van der Waals surface area contributed by atoms with Gasteiger partial charge in [0.1, 0.15) is 0 Å². The number of nitrogens with one attached hydrogen (secondary N) is 2. The number of halogens is 3. The number of carbonyl (C=O) groups excluding carboxylic acids is 1. The molecular weight excluding hydrogens is 257 g/mol. The van der Waals surface area contributed by atoms with E-state index in [-0.39, 0.29) is 5.69 Å². The van der Waals surface area contributed by atoms with Gasteiger partial charge in [0.2, 0.25) is 5.91 Å². The summed E-state index contributed by atoms with van der Waals surface area (Å²) in [5.41, 5.74) is -1.04. The third-order valence-electron chi connectivity index (χ3n) is 2.64. The van der Waals surface area contributed by atoms with Gasteiger partial charge in [0.25, 0.3) is 0 Å². The van der Waals surface area contributed by atoms with Crippen LogP contribution in [0.4, 0.5) is 18.9 Å². The molecule has 19 heavy (non-hydrogen) atoms. The molecule has 1 aromatic carbocycles. The highest BCUT2D eigenvalue weighted by atomic mass is 19.4. The van der Waals surface area contributed by atoms with Gasteiger partial charge in [-0.1, -0.05) is 26.0 Å². The van der Waals surface area contributed by atoms with Crippen LogP contribution in [0.15, 0.2) is 24.3 Å². The number of amides is 1. The number of rotatable bonds is 5. The molecule has 1 atom stereocenters. The normalized spacial score (nSPS) is 13.1. The van der Waals surface area contributed by atoms with Gasteiger partial charge in [0, 0.05) is 12.5 Å². The molecule has 0 saturated carbocycles. The number of hydrogen-bond acceptors (Lipinski definition) is 2. The minimum Gasteiger partial charge on any atom is -0.325 e. The van der Waals surface area contributed by atoms with Crippen LogP contribution in [0.3, 0.4) is 0 Å². The summed E-state index contributed by atoms with van der Waals surface area (Å²) < 4.78 is 38.2. The summed E-state index contributed by atoms with van der Waals surface area (Å²) in [7, 11) is 0. The predicted molar refractivity (Wildman–Crippen MR) is 67.8 cm³/mol. The Kier molecular flexibility index (Phi) is 5.35. The molecule has 1 amide bonds. The minimum atomic E-state index is -4.48. The molecule has 0 aliphatic heterocycles. The van der Waals surface area contributed by atoms with Gasteiger partial charge in [0.05, 0.1) is 11.3 Å². The van der Waals surface area contributed by atoms with Gasteiger partial charge in [-0.05, 0) is 18.7 Å². The van der Waals surface area contributed by atoms with E-state index in [1.165, 1.54) is 18.2 Å². The molecule has 6 heteroatoms. The van der Waals surface area contributed by atoms with E-state index in [1.54, 1.807) is 6.92 Å². The van der Waals surface area contributed by atoms with E-state index in [0.717, 1.165) is 6.07 Å². The molecule has 0 bridgehead atoms. The standard InChI is InChI=1S/C13H17F3N2O/c1-3-17-8-9(2)12(19)18-11-7-5-4-6-10(11)13(14,15)16/h4-7,9,17H,3,8H2,1-2H3,(H,18,19). The van der Waals surface area contributed by atoms with Gasteiger partial charge in [-0.25, -0.2) is 0 Å². The van der Waals surface area contributed by atoms with E-state index in [4.69, 9.17) is 0 Å². The van der Waals surface area contributed by atoms with Gasteiger partial charge < -0.3 is 10.6 Å². The molecule has 0 aliphatic rings. The van der Waals surface area contributed by atoms with Crippen LogP contribution in [-0.4, -0.2) is 19.0 Å². The second-order valence-electron chi connectivity index (χ2n) is 4.24. The van der Waals surface area contributed by atoms with Crippen molar-refractivity contribution in [1.82, 2.24) is 5.32 Å². The lowest BCUT2D eigenvalue weighted by atomic mass is 10.1. The summed E-state index contributed by atoms with van der Waals surface area (Å²) >= 11 is 0. The van der Waals surface area contributed by atoms with Crippen LogP contribution in [-0.2, 0) is 11.0 Å². The largest absolute Gasteiger partial charge is 0.418 e. The summed E-state index contributed by atoms with van der Waals surface area (Å²) in [4.78, 5) is 11.8. The monoisotopic (exact) mass is 274 g/mol. The number of hydrogen-bond donors (Lipinski definition) is 2. The Morgan fingerprint density at radius 1 is 1.32 bits per heavy atom. The highest BCUT2D eigenvalue weighted by Crippen LogP contribution is 2.34. The van der Waals surface area contributed by atoms with E-state index in [9.17, 15) is 18.0 Å². The molecule has 3 nitrogen and oxygen atoms in total. The number of para-hydroxylation sites is 1. The SMILES string of the molecule is CCNCC(C)C(=O)Nc1ccccc1C(F)(F)F. The Hall–Kier alpha value is -1.56. The van der Waals surface area contributed by atoms with Crippen molar-refractivity contribution in [2.75, 3.05) is 18.4 Å². The summed E-state index contributed by atoms with van der Waals surface area (Å²) in [5, 5.41) is 5.30. The second kappa shape index (κ2) is 6.56. The molecule has 1 unspecified atom stereocenters. The van der Waals surface area contributed by atoms with Crippen LogP contribution >= 0.6 is 0 Å². The van der Waals surface area contributed by atoms with Crippen molar-refractivity contribution in [3.05, 3.63) is 29.8 Å².